The summed E-state index contributed by atoms with van der Waals surface area (Å²) in [6, 6.07) is 11.6. The van der Waals surface area contributed by atoms with Gasteiger partial charge >= 0.3 is 6.03 Å². The summed E-state index contributed by atoms with van der Waals surface area (Å²) in [7, 11) is -3.42. The molecule has 0 aromatic heterocycles. The van der Waals surface area contributed by atoms with Crippen LogP contribution in [0.3, 0.4) is 0 Å². The Morgan fingerprint density at radius 2 is 1.94 bits per heavy atom. The number of carbonyl (C=O) groups excluding carboxylic acids is 3. The van der Waals surface area contributed by atoms with Crippen LogP contribution in [0, 0.1) is 6.92 Å². The van der Waals surface area contributed by atoms with Gasteiger partial charge in [0.25, 0.3) is 5.91 Å². The molecule has 1 aliphatic carbocycles. The number of fused-ring (bicyclic) bond motifs is 2. The van der Waals surface area contributed by atoms with Crippen LogP contribution in [0.5, 0.6) is 0 Å². The maximum absolute atomic E-state index is 13.1. The highest BCUT2D eigenvalue weighted by Crippen LogP contribution is 2.41. The van der Waals surface area contributed by atoms with Gasteiger partial charge in [0.15, 0.2) is 0 Å². The van der Waals surface area contributed by atoms with Gasteiger partial charge in [0.2, 0.25) is 15.9 Å². The van der Waals surface area contributed by atoms with Crippen LogP contribution in [0.25, 0.3) is 0 Å². The summed E-state index contributed by atoms with van der Waals surface area (Å²) in [5.41, 5.74) is 2.16. The first-order chi connectivity index (χ1) is 15.1. The lowest BCUT2D eigenvalue weighted by molar-refractivity contribution is -0.134. The quantitative estimate of drug-likeness (QED) is 0.574. The predicted molar refractivity (Wildman–Crippen MR) is 120 cm³/mol. The lowest BCUT2D eigenvalue weighted by atomic mass is 9.92. The first kappa shape index (κ1) is 21.8. The van der Waals surface area contributed by atoms with Crippen molar-refractivity contribution < 1.29 is 22.8 Å². The van der Waals surface area contributed by atoms with E-state index in [2.05, 4.69) is 15.4 Å². The van der Waals surface area contributed by atoms with Gasteiger partial charge < -0.3 is 10.6 Å². The van der Waals surface area contributed by atoms with Crippen molar-refractivity contribution in [2.24, 2.45) is 0 Å². The minimum Gasteiger partial charge on any atom is -0.325 e. The first-order valence-electron chi connectivity index (χ1n) is 10.3. The molecule has 1 fully saturated rings. The Hall–Kier alpha value is -3.40. The second-order valence-electron chi connectivity index (χ2n) is 7.97. The van der Waals surface area contributed by atoms with E-state index in [0.29, 0.717) is 29.8 Å². The number of anilines is 2. The van der Waals surface area contributed by atoms with Crippen LogP contribution < -0.4 is 15.4 Å². The van der Waals surface area contributed by atoms with E-state index in [-0.39, 0.29) is 5.75 Å². The van der Waals surface area contributed by atoms with Crippen molar-refractivity contribution >= 4 is 39.2 Å². The van der Waals surface area contributed by atoms with Gasteiger partial charge in [-0.1, -0.05) is 24.3 Å². The summed E-state index contributed by atoms with van der Waals surface area (Å²) in [6.07, 6.45) is 1.14. The van der Waals surface area contributed by atoms with Crippen molar-refractivity contribution in [3.8, 4) is 0 Å². The summed E-state index contributed by atoms with van der Waals surface area (Å²) in [6.45, 7) is 2.83. The molecule has 1 aliphatic heterocycles. The Bertz CT molecular complexity index is 1230. The maximum Gasteiger partial charge on any atom is 0.325 e. The molecule has 2 aliphatic rings. The van der Waals surface area contributed by atoms with Crippen molar-refractivity contribution in [3.05, 3.63) is 59.2 Å². The fourth-order valence-electron chi connectivity index (χ4n) is 4.17. The van der Waals surface area contributed by atoms with Gasteiger partial charge in [0, 0.05) is 5.69 Å². The van der Waals surface area contributed by atoms with E-state index in [9.17, 15) is 22.8 Å². The second kappa shape index (κ2) is 7.94. The number of imide groups is 1. The van der Waals surface area contributed by atoms with Gasteiger partial charge in [0.05, 0.1) is 11.4 Å². The third-order valence-electron chi connectivity index (χ3n) is 5.88. The molecular formula is C22H24N4O5S. The first-order valence-corrected chi connectivity index (χ1v) is 11.9. The molecule has 0 bridgehead atoms. The predicted octanol–water partition coefficient (Wildman–Crippen LogP) is 2.09. The Morgan fingerprint density at radius 3 is 2.66 bits per heavy atom. The molecule has 1 atom stereocenters. The van der Waals surface area contributed by atoms with Crippen LogP contribution in [-0.2, 0) is 31.6 Å². The number of sulfonamides is 1. The Kier molecular flexibility index (Phi) is 5.41. The average Bonchev–Trinajstić information content (AvgIpc) is 3.23. The second-order valence-corrected chi connectivity index (χ2v) is 9.98. The molecule has 0 saturated carbocycles. The van der Waals surface area contributed by atoms with E-state index in [1.807, 2.05) is 24.3 Å². The zero-order valence-corrected chi connectivity index (χ0v) is 18.6. The monoisotopic (exact) mass is 456 g/mol. The van der Waals surface area contributed by atoms with E-state index in [1.54, 1.807) is 25.1 Å². The zero-order valence-electron chi connectivity index (χ0n) is 17.8. The number of aryl methyl sites for hydroxylation is 2. The lowest BCUT2D eigenvalue weighted by Crippen LogP contribution is -2.43. The lowest BCUT2D eigenvalue weighted by Gasteiger charge is -2.22. The molecule has 1 unspecified atom stereocenters. The molecule has 1 heterocycles. The average molecular weight is 457 g/mol. The third-order valence-corrected chi connectivity index (χ3v) is 7.17. The molecule has 3 N–H and O–H groups in total. The summed E-state index contributed by atoms with van der Waals surface area (Å²) in [5.74, 6) is -1.01. The third kappa shape index (κ3) is 3.81. The molecule has 1 spiro atoms. The molecule has 4 amide bonds. The Morgan fingerprint density at radius 1 is 1.19 bits per heavy atom. The van der Waals surface area contributed by atoms with Crippen molar-refractivity contribution in [2.45, 2.75) is 32.2 Å². The highest BCUT2D eigenvalue weighted by atomic mass is 32.2. The number of hydrogen-bond donors (Lipinski definition) is 3. The van der Waals surface area contributed by atoms with Gasteiger partial charge in [-0.05, 0) is 61.6 Å². The summed E-state index contributed by atoms with van der Waals surface area (Å²) < 4.78 is 26.0. The van der Waals surface area contributed by atoms with Gasteiger partial charge in [-0.15, -0.1) is 0 Å². The highest BCUT2D eigenvalue weighted by molar-refractivity contribution is 7.92. The van der Waals surface area contributed by atoms with Crippen LogP contribution in [0.4, 0.5) is 16.2 Å². The maximum atomic E-state index is 13.1. The number of amides is 4. The van der Waals surface area contributed by atoms with Crippen molar-refractivity contribution in [2.75, 3.05) is 22.3 Å². The Balaban J connectivity index is 1.45. The molecule has 4 rings (SSSR count). The van der Waals surface area contributed by atoms with Gasteiger partial charge in [-0.2, -0.15) is 0 Å². The normalized spacial score (nSPS) is 19.8. The van der Waals surface area contributed by atoms with Crippen LogP contribution in [0.1, 0.15) is 30.0 Å². The Labute approximate surface area is 186 Å². The van der Waals surface area contributed by atoms with E-state index in [4.69, 9.17) is 0 Å². The molecule has 1 saturated heterocycles. The smallest absolute Gasteiger partial charge is 0.325 e. The number of nitrogens with zero attached hydrogens (tertiary/aromatic N) is 1. The zero-order chi connectivity index (χ0) is 23.1. The molecule has 32 heavy (non-hydrogen) atoms. The van der Waals surface area contributed by atoms with Gasteiger partial charge in [0.1, 0.15) is 12.1 Å². The fourth-order valence-corrected chi connectivity index (χ4v) is 4.88. The molecule has 2 aromatic rings. The standard InChI is InChI=1S/C22H24N4O5S/c1-3-32(30,31)25-18-9-8-16(12-14(18)2)23-19(27)13-26-20(28)22(24-21(26)29)11-10-15-6-4-5-7-17(15)22/h4-9,12,25H,3,10-11,13H2,1-2H3,(H,23,27)(H,24,29). The largest absolute Gasteiger partial charge is 0.325 e. The van der Waals surface area contributed by atoms with Crippen LogP contribution in [0.2, 0.25) is 0 Å². The van der Waals surface area contributed by atoms with Crippen LogP contribution in [-0.4, -0.2) is 43.5 Å². The molecule has 2 aromatic carbocycles. The number of nitrogens with one attached hydrogen (secondary N) is 3. The van der Waals surface area contributed by atoms with E-state index < -0.39 is 40.0 Å². The van der Waals surface area contributed by atoms with Crippen LogP contribution >= 0.6 is 0 Å². The topological polar surface area (TPSA) is 125 Å². The molecule has 9 nitrogen and oxygen atoms in total. The molecule has 10 heteroatoms. The number of benzene rings is 2. The number of carbonyl (C=O) groups is 3. The molecule has 0 radical (unpaired) electrons. The van der Waals surface area contributed by atoms with E-state index in [0.717, 1.165) is 16.0 Å². The fraction of sp³-hybridized carbons (Fsp3) is 0.318. The minimum absolute atomic E-state index is 0.0528. The summed E-state index contributed by atoms with van der Waals surface area (Å²) in [5, 5.41) is 5.45. The summed E-state index contributed by atoms with van der Waals surface area (Å²) >= 11 is 0. The SMILES string of the molecule is CCS(=O)(=O)Nc1ccc(NC(=O)CN2C(=O)NC3(CCc4ccccc43)C2=O)cc1C. The highest BCUT2D eigenvalue weighted by Gasteiger charge is 2.55. The van der Waals surface area contributed by atoms with Crippen molar-refractivity contribution in [1.29, 1.82) is 0 Å². The summed E-state index contributed by atoms with van der Waals surface area (Å²) in [4.78, 5) is 39.2. The minimum atomic E-state index is -3.42. The van der Waals surface area contributed by atoms with Crippen LogP contribution in [0.15, 0.2) is 42.5 Å². The van der Waals surface area contributed by atoms with E-state index in [1.165, 1.54) is 6.92 Å². The van der Waals surface area contributed by atoms with Crippen molar-refractivity contribution in [3.63, 3.8) is 0 Å². The number of hydrogen-bond acceptors (Lipinski definition) is 5. The number of rotatable bonds is 6. The van der Waals surface area contributed by atoms with Crippen molar-refractivity contribution in [1.82, 2.24) is 10.2 Å². The molecule has 168 valence electrons. The van der Waals surface area contributed by atoms with E-state index >= 15 is 0 Å². The van der Waals surface area contributed by atoms with Gasteiger partial charge in [-0.3, -0.25) is 19.2 Å². The molecular weight excluding hydrogens is 432 g/mol. The van der Waals surface area contributed by atoms with Gasteiger partial charge in [-0.25, -0.2) is 13.2 Å². The number of urea groups is 1.